The molecule has 0 amide bonds. The fourth-order valence-electron chi connectivity index (χ4n) is 1.29. The topological polar surface area (TPSA) is 82.3 Å². The molecule has 15 heavy (non-hydrogen) atoms. The largest absolute Gasteiger partial charge is 0.280 e. The molecule has 0 bridgehead atoms. The third kappa shape index (κ3) is 2.34. The summed E-state index contributed by atoms with van der Waals surface area (Å²) in [6.45, 7) is 0. The third-order valence-corrected chi connectivity index (χ3v) is 2.15. The maximum absolute atomic E-state index is 10.4. The lowest BCUT2D eigenvalue weighted by Gasteiger charge is -2.05. The van der Waals surface area contributed by atoms with Crippen molar-refractivity contribution in [3.8, 4) is 0 Å². The van der Waals surface area contributed by atoms with Gasteiger partial charge in [0.1, 0.15) is 0 Å². The molecule has 0 spiro atoms. The standard InChI is InChI=1S/C9H7ClNO4/c12-10(13,14)15-11-7-3-5-8-4-1-2-6-9(8)11/h1-7H/q+1. The Bertz CT molecular complexity index is 477. The molecule has 0 atom stereocenters. The summed E-state index contributed by atoms with van der Waals surface area (Å²) in [6, 6.07) is 10.3. The van der Waals surface area contributed by atoms with Crippen molar-refractivity contribution in [2.45, 2.75) is 0 Å². The van der Waals surface area contributed by atoms with Gasteiger partial charge in [0.15, 0.2) is 9.12 Å². The minimum Gasteiger partial charge on any atom is -0.161 e. The van der Waals surface area contributed by atoms with Crippen LogP contribution in [0.25, 0.3) is 10.9 Å². The molecule has 6 heteroatoms. The lowest BCUT2D eigenvalue weighted by molar-refractivity contribution is -1.94. The van der Waals surface area contributed by atoms with Crippen LogP contribution >= 0.6 is 0 Å². The van der Waals surface area contributed by atoms with E-state index in [1.54, 1.807) is 36.4 Å². The molecule has 2 aromatic rings. The van der Waals surface area contributed by atoms with Crippen molar-refractivity contribution in [3.05, 3.63) is 42.6 Å². The van der Waals surface area contributed by atoms with Crippen molar-refractivity contribution in [2.75, 3.05) is 0 Å². The van der Waals surface area contributed by atoms with Crippen LogP contribution in [0.15, 0.2) is 42.6 Å². The molecule has 2 rings (SSSR count). The number of benzene rings is 1. The summed E-state index contributed by atoms with van der Waals surface area (Å²) in [4.78, 5) is 0. The second-order valence-electron chi connectivity index (χ2n) is 2.84. The van der Waals surface area contributed by atoms with Gasteiger partial charge in [0, 0.05) is 12.1 Å². The summed E-state index contributed by atoms with van der Waals surface area (Å²) in [6.07, 6.45) is 1.35. The number of hydrogen-bond donors (Lipinski definition) is 0. The zero-order chi connectivity index (χ0) is 10.9. The summed E-state index contributed by atoms with van der Waals surface area (Å²) in [5.74, 6) is 0. The smallest absolute Gasteiger partial charge is 0.161 e. The number of nitrogens with zero attached hydrogens (tertiary/aromatic N) is 1. The minimum absolute atomic E-state index is 0.506. The zero-order valence-electron chi connectivity index (χ0n) is 7.50. The van der Waals surface area contributed by atoms with Crippen LogP contribution < -0.4 is 23.1 Å². The molecule has 0 saturated carbocycles. The van der Waals surface area contributed by atoms with Crippen LogP contribution in [0.3, 0.4) is 0 Å². The first-order valence-electron chi connectivity index (χ1n) is 4.06. The lowest BCUT2D eigenvalue weighted by atomic mass is 10.2. The molecular weight excluding hydrogens is 222 g/mol. The molecule has 0 radical (unpaired) electrons. The van der Waals surface area contributed by atoms with Gasteiger partial charge in [-0.2, -0.15) is 14.0 Å². The van der Waals surface area contributed by atoms with E-state index in [1.807, 2.05) is 0 Å². The fraction of sp³-hybridized carbons (Fsp3) is 0. The summed E-state index contributed by atoms with van der Waals surface area (Å²) in [5.41, 5.74) is 0.506. The maximum atomic E-state index is 10.4. The Balaban J connectivity index is 2.52. The van der Waals surface area contributed by atoms with E-state index in [-0.39, 0.29) is 0 Å². The average molecular weight is 229 g/mol. The first kappa shape index (κ1) is 10.1. The zero-order valence-corrected chi connectivity index (χ0v) is 8.26. The van der Waals surface area contributed by atoms with E-state index in [1.165, 1.54) is 6.20 Å². The molecule has 78 valence electrons. The van der Waals surface area contributed by atoms with Crippen molar-refractivity contribution in [2.24, 2.45) is 0 Å². The molecule has 0 aliphatic rings. The van der Waals surface area contributed by atoms with Crippen LogP contribution in [-0.2, 0) is 0 Å². The quantitative estimate of drug-likeness (QED) is 0.530. The van der Waals surface area contributed by atoms with Crippen LogP contribution in [0.2, 0.25) is 0 Å². The molecule has 0 saturated heterocycles. The van der Waals surface area contributed by atoms with Crippen LogP contribution in [0.5, 0.6) is 0 Å². The molecule has 0 N–H and O–H groups in total. The van der Waals surface area contributed by atoms with Gasteiger partial charge in [-0.25, -0.2) is 0 Å². The number of rotatable bonds is 2. The van der Waals surface area contributed by atoms with E-state index >= 15 is 0 Å². The molecule has 1 aromatic carbocycles. The van der Waals surface area contributed by atoms with Crippen molar-refractivity contribution in [1.29, 1.82) is 0 Å². The number of pyridine rings is 1. The summed E-state index contributed by atoms with van der Waals surface area (Å²) >= 11 is 0. The molecule has 5 nitrogen and oxygen atoms in total. The normalized spacial score (nSPS) is 11.7. The second kappa shape index (κ2) is 3.63. The fourth-order valence-corrected chi connectivity index (χ4v) is 1.59. The van der Waals surface area contributed by atoms with Crippen LogP contribution in [0.1, 0.15) is 0 Å². The van der Waals surface area contributed by atoms with Gasteiger partial charge in [-0.05, 0) is 12.1 Å². The molecule has 0 fully saturated rings. The van der Waals surface area contributed by atoms with E-state index in [9.17, 15) is 14.0 Å². The molecule has 0 aliphatic carbocycles. The SMILES string of the molecule is [O-][Cl+3]([O-])([O-])O[n+]1cccc2ccccc21. The monoisotopic (exact) mass is 228 g/mol. The maximum Gasteiger partial charge on any atom is 0.280 e. The molecule has 0 aliphatic heterocycles. The number of para-hydroxylation sites is 1. The Kier molecular flexibility index (Phi) is 2.45. The van der Waals surface area contributed by atoms with Gasteiger partial charge in [-0.3, -0.25) is 0 Å². The Morgan fingerprint density at radius 3 is 2.40 bits per heavy atom. The van der Waals surface area contributed by atoms with Gasteiger partial charge < -0.3 is 0 Å². The Labute approximate surface area is 87.5 Å². The van der Waals surface area contributed by atoms with E-state index in [4.69, 9.17) is 0 Å². The van der Waals surface area contributed by atoms with Crippen molar-refractivity contribution < 1.29 is 33.3 Å². The molecule has 0 unspecified atom stereocenters. The average Bonchev–Trinajstić information content (AvgIpc) is 2.16. The van der Waals surface area contributed by atoms with Crippen molar-refractivity contribution >= 4 is 10.9 Å². The van der Waals surface area contributed by atoms with Crippen molar-refractivity contribution in [1.82, 2.24) is 0 Å². The van der Waals surface area contributed by atoms with Gasteiger partial charge >= 0.3 is 0 Å². The number of hydrogen-bond acceptors (Lipinski definition) is 4. The molecule has 1 aromatic heterocycles. The van der Waals surface area contributed by atoms with Gasteiger partial charge in [-0.15, -0.1) is 0 Å². The van der Waals surface area contributed by atoms with E-state index in [0.29, 0.717) is 5.52 Å². The van der Waals surface area contributed by atoms with Crippen LogP contribution in [0, 0.1) is 10.2 Å². The van der Waals surface area contributed by atoms with E-state index in [0.717, 1.165) is 10.1 Å². The summed E-state index contributed by atoms with van der Waals surface area (Å²) in [7, 11) is -4.48. The number of aromatic nitrogens is 1. The van der Waals surface area contributed by atoms with Crippen LogP contribution in [-0.4, -0.2) is 0 Å². The first-order valence-corrected chi connectivity index (χ1v) is 5.30. The molecule has 1 heterocycles. The highest BCUT2D eigenvalue weighted by molar-refractivity contribution is 5.74. The summed E-state index contributed by atoms with van der Waals surface area (Å²) < 4.78 is 36.4. The van der Waals surface area contributed by atoms with Gasteiger partial charge in [-0.1, -0.05) is 12.1 Å². The van der Waals surface area contributed by atoms with Gasteiger partial charge in [0.05, 0.1) is 5.39 Å². The highest BCUT2D eigenvalue weighted by atomic mass is 35.7. The van der Waals surface area contributed by atoms with Crippen molar-refractivity contribution in [3.63, 3.8) is 0 Å². The van der Waals surface area contributed by atoms with E-state index in [2.05, 4.69) is 4.39 Å². The van der Waals surface area contributed by atoms with Gasteiger partial charge in [0.2, 0.25) is 16.4 Å². The predicted octanol–water partition coefficient (Wildman–Crippen LogP) is -2.55. The number of halogens is 1. The van der Waals surface area contributed by atoms with E-state index < -0.39 is 10.2 Å². The predicted molar refractivity (Wildman–Crippen MR) is 40.7 cm³/mol. The Hall–Kier alpha value is -1.40. The second-order valence-corrected chi connectivity index (χ2v) is 3.73. The van der Waals surface area contributed by atoms with Gasteiger partial charge in [0.25, 0.3) is 5.52 Å². The lowest BCUT2D eigenvalue weighted by Crippen LogP contribution is -2.71. The Morgan fingerprint density at radius 2 is 1.67 bits per heavy atom. The Morgan fingerprint density at radius 1 is 1.00 bits per heavy atom. The highest BCUT2D eigenvalue weighted by Gasteiger charge is 2.28. The minimum atomic E-state index is -4.48. The summed E-state index contributed by atoms with van der Waals surface area (Å²) in [5, 5.41) is 0.777. The molecular formula is C9H7ClNO4+. The highest BCUT2D eigenvalue weighted by Crippen LogP contribution is 2.07. The third-order valence-electron chi connectivity index (χ3n) is 1.83. The first-order chi connectivity index (χ1) is 7.06. The van der Waals surface area contributed by atoms with Crippen LogP contribution in [0.4, 0.5) is 0 Å². The number of fused-ring (bicyclic) bond motifs is 1.